The maximum Gasteiger partial charge on any atom is 0.191 e. The third-order valence-electron chi connectivity index (χ3n) is 3.58. The number of rotatable bonds is 7. The SMILES string of the molecule is CN=C(NCCc1cccc(F)c1)NCc1cccc(COC)c1.I. The molecule has 2 rings (SSSR count). The van der Waals surface area contributed by atoms with Crippen molar-refractivity contribution < 1.29 is 9.13 Å². The number of nitrogens with zero attached hydrogens (tertiary/aromatic N) is 1. The van der Waals surface area contributed by atoms with Gasteiger partial charge in [-0.2, -0.15) is 0 Å². The van der Waals surface area contributed by atoms with Gasteiger partial charge in [0.15, 0.2) is 5.96 Å². The summed E-state index contributed by atoms with van der Waals surface area (Å²) in [5.74, 6) is 0.523. The van der Waals surface area contributed by atoms with Gasteiger partial charge in [0.2, 0.25) is 0 Å². The Bertz CT molecular complexity index is 679. The molecule has 0 radical (unpaired) electrons. The summed E-state index contributed by atoms with van der Waals surface area (Å²) in [6.07, 6.45) is 0.738. The predicted molar refractivity (Wildman–Crippen MR) is 111 cm³/mol. The average molecular weight is 457 g/mol. The third-order valence-corrected chi connectivity index (χ3v) is 3.58. The van der Waals surface area contributed by atoms with Crippen LogP contribution in [0.25, 0.3) is 0 Å². The van der Waals surface area contributed by atoms with Crippen LogP contribution in [0, 0.1) is 5.82 Å². The molecule has 6 heteroatoms. The molecule has 0 aromatic heterocycles. The molecule has 0 atom stereocenters. The molecule has 0 saturated carbocycles. The quantitative estimate of drug-likeness (QED) is 0.380. The molecule has 2 aromatic carbocycles. The Kier molecular flexibility index (Phi) is 10.1. The highest BCUT2D eigenvalue weighted by Crippen LogP contribution is 2.06. The van der Waals surface area contributed by atoms with Gasteiger partial charge in [-0.1, -0.05) is 36.4 Å². The fourth-order valence-corrected chi connectivity index (χ4v) is 2.42. The van der Waals surface area contributed by atoms with Crippen LogP contribution in [0.2, 0.25) is 0 Å². The van der Waals surface area contributed by atoms with Crippen molar-refractivity contribution >= 4 is 29.9 Å². The van der Waals surface area contributed by atoms with E-state index in [1.54, 1.807) is 26.3 Å². The first-order valence-corrected chi connectivity index (χ1v) is 7.97. The van der Waals surface area contributed by atoms with Crippen LogP contribution in [0.5, 0.6) is 0 Å². The lowest BCUT2D eigenvalue weighted by Crippen LogP contribution is -2.37. The van der Waals surface area contributed by atoms with Crippen molar-refractivity contribution in [2.75, 3.05) is 20.7 Å². The summed E-state index contributed by atoms with van der Waals surface area (Å²) >= 11 is 0. The maximum absolute atomic E-state index is 13.1. The maximum atomic E-state index is 13.1. The lowest BCUT2D eigenvalue weighted by atomic mass is 10.1. The summed E-state index contributed by atoms with van der Waals surface area (Å²) in [5.41, 5.74) is 3.27. The van der Waals surface area contributed by atoms with Crippen LogP contribution in [0.1, 0.15) is 16.7 Å². The standard InChI is InChI=1S/C19H24FN3O.HI/c1-21-19(22-10-9-15-5-4-8-18(20)12-15)23-13-16-6-3-7-17(11-16)14-24-2;/h3-8,11-12H,9-10,13-14H2,1-2H3,(H2,21,22,23);1H. The van der Waals surface area contributed by atoms with E-state index in [9.17, 15) is 4.39 Å². The second-order valence-corrected chi connectivity index (χ2v) is 5.49. The molecule has 0 fully saturated rings. The molecule has 0 heterocycles. The van der Waals surface area contributed by atoms with Crippen LogP contribution in [0.15, 0.2) is 53.5 Å². The zero-order chi connectivity index (χ0) is 17.2. The van der Waals surface area contributed by atoms with Crippen molar-refractivity contribution in [3.8, 4) is 0 Å². The van der Waals surface area contributed by atoms with Gasteiger partial charge in [0, 0.05) is 27.2 Å². The number of hydrogen-bond donors (Lipinski definition) is 2. The van der Waals surface area contributed by atoms with E-state index in [0.29, 0.717) is 19.7 Å². The van der Waals surface area contributed by atoms with E-state index in [1.165, 1.54) is 6.07 Å². The Labute approximate surface area is 165 Å². The normalized spacial score (nSPS) is 10.9. The lowest BCUT2D eigenvalue weighted by Gasteiger charge is -2.12. The number of aliphatic imine (C=N–C) groups is 1. The van der Waals surface area contributed by atoms with Crippen molar-refractivity contribution in [2.24, 2.45) is 4.99 Å². The minimum atomic E-state index is -0.203. The van der Waals surface area contributed by atoms with E-state index >= 15 is 0 Å². The number of nitrogens with one attached hydrogen (secondary N) is 2. The first-order chi connectivity index (χ1) is 11.7. The summed E-state index contributed by atoms with van der Waals surface area (Å²) in [5, 5.41) is 6.52. The number of methoxy groups -OCH3 is 1. The molecule has 2 N–H and O–H groups in total. The molecule has 0 aliphatic heterocycles. The van der Waals surface area contributed by atoms with E-state index in [4.69, 9.17) is 4.74 Å². The fraction of sp³-hybridized carbons (Fsp3) is 0.316. The smallest absolute Gasteiger partial charge is 0.191 e. The zero-order valence-corrected chi connectivity index (χ0v) is 16.9. The van der Waals surface area contributed by atoms with E-state index in [-0.39, 0.29) is 29.8 Å². The van der Waals surface area contributed by atoms with E-state index in [0.717, 1.165) is 29.1 Å². The highest BCUT2D eigenvalue weighted by Gasteiger charge is 2.01. The monoisotopic (exact) mass is 457 g/mol. The molecule has 136 valence electrons. The summed E-state index contributed by atoms with van der Waals surface area (Å²) in [7, 11) is 3.42. The van der Waals surface area contributed by atoms with Gasteiger partial charge in [0.25, 0.3) is 0 Å². The molecule has 0 saturated heterocycles. The number of benzene rings is 2. The van der Waals surface area contributed by atoms with Gasteiger partial charge < -0.3 is 15.4 Å². The molecule has 0 unspecified atom stereocenters. The van der Waals surface area contributed by atoms with Gasteiger partial charge in [-0.3, -0.25) is 4.99 Å². The Morgan fingerprint density at radius 3 is 2.48 bits per heavy atom. The Hall–Kier alpha value is -1.67. The van der Waals surface area contributed by atoms with Gasteiger partial charge in [-0.25, -0.2) is 4.39 Å². The molecule has 25 heavy (non-hydrogen) atoms. The van der Waals surface area contributed by atoms with Gasteiger partial charge in [-0.15, -0.1) is 24.0 Å². The number of guanidine groups is 1. The Morgan fingerprint density at radius 2 is 1.76 bits per heavy atom. The minimum Gasteiger partial charge on any atom is -0.380 e. The average Bonchev–Trinajstić information content (AvgIpc) is 2.59. The summed E-state index contributed by atoms with van der Waals surface area (Å²) in [6.45, 7) is 1.97. The van der Waals surface area contributed by atoms with E-state index < -0.39 is 0 Å². The van der Waals surface area contributed by atoms with Crippen molar-refractivity contribution in [3.05, 3.63) is 71.0 Å². The van der Waals surface area contributed by atoms with Gasteiger partial charge in [0.05, 0.1) is 6.61 Å². The van der Waals surface area contributed by atoms with Gasteiger partial charge >= 0.3 is 0 Å². The van der Waals surface area contributed by atoms with Crippen LogP contribution in [-0.2, 0) is 24.3 Å². The molecule has 0 spiro atoms. The first kappa shape index (κ1) is 21.4. The predicted octanol–water partition coefficient (Wildman–Crippen LogP) is 3.50. The topological polar surface area (TPSA) is 45.7 Å². The van der Waals surface area contributed by atoms with Crippen molar-refractivity contribution in [2.45, 2.75) is 19.6 Å². The van der Waals surface area contributed by atoms with Gasteiger partial charge in [-0.05, 0) is 35.2 Å². The molecule has 0 aliphatic carbocycles. The summed E-state index contributed by atoms with van der Waals surface area (Å²) < 4.78 is 18.3. The second-order valence-electron chi connectivity index (χ2n) is 5.49. The highest BCUT2D eigenvalue weighted by molar-refractivity contribution is 14.0. The molecular weight excluding hydrogens is 432 g/mol. The van der Waals surface area contributed by atoms with Crippen molar-refractivity contribution in [1.82, 2.24) is 10.6 Å². The summed E-state index contributed by atoms with van der Waals surface area (Å²) in [6, 6.07) is 14.9. The van der Waals surface area contributed by atoms with Crippen molar-refractivity contribution in [3.63, 3.8) is 0 Å². The molecular formula is C19H25FIN3O. The number of ether oxygens (including phenoxy) is 1. The lowest BCUT2D eigenvalue weighted by molar-refractivity contribution is 0.185. The molecule has 0 amide bonds. The molecule has 4 nitrogen and oxygen atoms in total. The van der Waals surface area contributed by atoms with Crippen LogP contribution >= 0.6 is 24.0 Å². The zero-order valence-electron chi connectivity index (χ0n) is 14.6. The van der Waals surface area contributed by atoms with Crippen LogP contribution in [0.3, 0.4) is 0 Å². The van der Waals surface area contributed by atoms with E-state index in [1.807, 2.05) is 18.2 Å². The fourth-order valence-electron chi connectivity index (χ4n) is 2.42. The van der Waals surface area contributed by atoms with E-state index in [2.05, 4.69) is 27.8 Å². The molecule has 0 aliphatic rings. The number of halogens is 2. The Morgan fingerprint density at radius 1 is 1.04 bits per heavy atom. The largest absolute Gasteiger partial charge is 0.380 e. The molecule has 0 bridgehead atoms. The second kappa shape index (κ2) is 11.8. The highest BCUT2D eigenvalue weighted by atomic mass is 127. The van der Waals surface area contributed by atoms with Gasteiger partial charge in [0.1, 0.15) is 5.82 Å². The third kappa shape index (κ3) is 7.83. The molecule has 2 aromatic rings. The van der Waals surface area contributed by atoms with Crippen LogP contribution < -0.4 is 10.6 Å². The number of hydrogen-bond acceptors (Lipinski definition) is 2. The van der Waals surface area contributed by atoms with Crippen molar-refractivity contribution in [1.29, 1.82) is 0 Å². The Balaban J connectivity index is 0.00000312. The van der Waals surface area contributed by atoms with Crippen LogP contribution in [0.4, 0.5) is 4.39 Å². The summed E-state index contributed by atoms with van der Waals surface area (Å²) in [4.78, 5) is 4.21. The first-order valence-electron chi connectivity index (χ1n) is 7.97. The minimum absolute atomic E-state index is 0. The van der Waals surface area contributed by atoms with Crippen LogP contribution in [-0.4, -0.2) is 26.7 Å².